The maximum atomic E-state index is 13.6. The maximum absolute atomic E-state index is 13.6. The van der Waals surface area contributed by atoms with Crippen LogP contribution in [-0.4, -0.2) is 25.0 Å². The van der Waals surface area contributed by atoms with Crippen LogP contribution in [-0.2, 0) is 15.1 Å². The number of nitrogens with one attached hydrogen (secondary N) is 3. The number of rotatable bonds is 5. The zero-order valence-electron chi connectivity index (χ0n) is 17.6. The van der Waals surface area contributed by atoms with Crippen molar-refractivity contribution in [2.24, 2.45) is 11.8 Å². The number of amides is 2. The predicted molar refractivity (Wildman–Crippen MR) is 123 cm³/mol. The van der Waals surface area contributed by atoms with E-state index in [2.05, 4.69) is 29.8 Å². The zero-order valence-corrected chi connectivity index (χ0v) is 19.1. The summed E-state index contributed by atoms with van der Waals surface area (Å²) in [5.41, 5.74) is 0.655. The van der Waals surface area contributed by atoms with Gasteiger partial charge in [-0.2, -0.15) is 0 Å². The molecule has 1 saturated heterocycles. The second-order valence-corrected chi connectivity index (χ2v) is 9.42. The first kappa shape index (κ1) is 21.9. The number of anilines is 2. The Bertz CT molecular complexity index is 1040. The van der Waals surface area contributed by atoms with Gasteiger partial charge in [-0.25, -0.2) is 0 Å². The third-order valence-corrected chi connectivity index (χ3v) is 6.45. The van der Waals surface area contributed by atoms with Crippen LogP contribution in [0.4, 0.5) is 11.4 Å². The summed E-state index contributed by atoms with van der Waals surface area (Å²) in [5.74, 6) is -0.250. The Hall–Kier alpha value is -2.28. The number of ether oxygens (including phenoxy) is 1. The molecule has 2 aliphatic heterocycles. The lowest BCUT2D eigenvalue weighted by Gasteiger charge is -2.29. The second kappa shape index (κ2) is 8.34. The molecule has 164 valence electrons. The predicted octanol–water partition coefficient (Wildman–Crippen LogP) is 4.81. The Morgan fingerprint density at radius 2 is 1.94 bits per heavy atom. The molecule has 1 spiro atoms. The summed E-state index contributed by atoms with van der Waals surface area (Å²) < 4.78 is 5.36. The van der Waals surface area contributed by atoms with Gasteiger partial charge in [0, 0.05) is 27.3 Å². The highest BCUT2D eigenvalue weighted by Gasteiger charge is 2.60. The summed E-state index contributed by atoms with van der Waals surface area (Å²) in [6.07, 6.45) is 1.36. The molecule has 31 heavy (non-hydrogen) atoms. The Morgan fingerprint density at radius 3 is 2.65 bits per heavy atom. The third kappa shape index (κ3) is 3.88. The van der Waals surface area contributed by atoms with Gasteiger partial charge in [0.15, 0.2) is 0 Å². The van der Waals surface area contributed by atoms with E-state index >= 15 is 0 Å². The highest BCUT2D eigenvalue weighted by Crippen LogP contribution is 2.49. The van der Waals surface area contributed by atoms with Crippen LogP contribution in [0.5, 0.6) is 5.75 Å². The fraction of sp³-hybridized carbons (Fsp3) is 0.391. The molecule has 2 aliphatic rings. The summed E-state index contributed by atoms with van der Waals surface area (Å²) in [5, 5.41) is 10.3. The topological polar surface area (TPSA) is 79.5 Å². The largest absolute Gasteiger partial charge is 0.495 e. The molecular weight excluding hydrogens is 437 g/mol. The average molecular weight is 462 g/mol. The fourth-order valence-corrected chi connectivity index (χ4v) is 5.10. The summed E-state index contributed by atoms with van der Waals surface area (Å²) in [6, 6.07) is 10.3. The van der Waals surface area contributed by atoms with Crippen molar-refractivity contribution < 1.29 is 14.3 Å². The number of carbonyl (C=O) groups excluding carboxylic acids is 2. The van der Waals surface area contributed by atoms with Crippen LogP contribution in [0.3, 0.4) is 0 Å². The molecule has 0 saturated carbocycles. The van der Waals surface area contributed by atoms with E-state index in [4.69, 9.17) is 27.9 Å². The van der Waals surface area contributed by atoms with E-state index in [0.29, 0.717) is 45.1 Å². The normalized spacial score (nSPS) is 24.4. The molecule has 6 nitrogen and oxygen atoms in total. The van der Waals surface area contributed by atoms with Gasteiger partial charge in [0.25, 0.3) is 0 Å². The van der Waals surface area contributed by atoms with Crippen molar-refractivity contribution in [1.82, 2.24) is 5.32 Å². The minimum atomic E-state index is -1.18. The van der Waals surface area contributed by atoms with Gasteiger partial charge in [0.05, 0.1) is 18.7 Å². The minimum Gasteiger partial charge on any atom is -0.495 e. The standard InChI is InChI=1S/C23H25Cl2N3O3/c1-12(2)8-15-11-17(21(29)26-19-10-14(25)5-7-20(19)31-3)23(28-15)16-9-13(24)4-6-18(16)27-22(23)30/h4-7,9-10,12,15,17,28H,8,11H2,1-3H3,(H,26,29)(H,27,30). The molecule has 3 atom stereocenters. The molecule has 2 aromatic carbocycles. The quantitative estimate of drug-likeness (QED) is 0.596. The molecule has 3 unspecified atom stereocenters. The molecule has 1 fully saturated rings. The Balaban J connectivity index is 1.74. The van der Waals surface area contributed by atoms with Crippen LogP contribution in [0.2, 0.25) is 10.0 Å². The number of hydrogen-bond acceptors (Lipinski definition) is 4. The lowest BCUT2D eigenvalue weighted by molar-refractivity contribution is -0.130. The zero-order chi connectivity index (χ0) is 22.3. The molecular formula is C23H25Cl2N3O3. The van der Waals surface area contributed by atoms with E-state index in [-0.39, 0.29) is 17.9 Å². The van der Waals surface area contributed by atoms with Gasteiger partial charge >= 0.3 is 0 Å². The minimum absolute atomic E-state index is 0.00712. The highest BCUT2D eigenvalue weighted by molar-refractivity contribution is 6.31. The molecule has 2 heterocycles. The number of hydrogen-bond donors (Lipinski definition) is 3. The first-order valence-corrected chi connectivity index (χ1v) is 11.0. The molecule has 0 aliphatic carbocycles. The van der Waals surface area contributed by atoms with Gasteiger partial charge < -0.3 is 15.4 Å². The molecule has 0 radical (unpaired) electrons. The number of carbonyl (C=O) groups is 2. The first-order valence-electron chi connectivity index (χ1n) is 10.3. The van der Waals surface area contributed by atoms with Gasteiger partial charge in [-0.1, -0.05) is 37.0 Å². The Kier molecular flexibility index (Phi) is 5.90. The van der Waals surface area contributed by atoms with E-state index in [0.717, 1.165) is 6.42 Å². The van der Waals surface area contributed by atoms with E-state index in [1.165, 1.54) is 7.11 Å². The number of benzene rings is 2. The van der Waals surface area contributed by atoms with Gasteiger partial charge in [-0.05, 0) is 55.2 Å². The SMILES string of the molecule is COc1ccc(Cl)cc1NC(=O)C1CC(CC(C)C)NC12C(=O)Nc1ccc(Cl)cc12. The molecule has 4 rings (SSSR count). The molecule has 0 aromatic heterocycles. The maximum Gasteiger partial charge on any atom is 0.250 e. The van der Waals surface area contributed by atoms with Crippen LogP contribution >= 0.6 is 23.2 Å². The summed E-state index contributed by atoms with van der Waals surface area (Å²) in [6.45, 7) is 4.25. The van der Waals surface area contributed by atoms with Crippen molar-refractivity contribution in [1.29, 1.82) is 0 Å². The molecule has 3 N–H and O–H groups in total. The van der Waals surface area contributed by atoms with Crippen molar-refractivity contribution >= 4 is 46.4 Å². The van der Waals surface area contributed by atoms with Crippen molar-refractivity contribution in [3.8, 4) is 5.75 Å². The van der Waals surface area contributed by atoms with Gasteiger partial charge in [-0.15, -0.1) is 0 Å². The summed E-state index contributed by atoms with van der Waals surface area (Å²) >= 11 is 12.4. The van der Waals surface area contributed by atoms with Crippen molar-refractivity contribution in [3.05, 3.63) is 52.0 Å². The van der Waals surface area contributed by atoms with E-state index in [1.807, 2.05) is 0 Å². The van der Waals surface area contributed by atoms with Gasteiger partial charge in [0.1, 0.15) is 11.3 Å². The van der Waals surface area contributed by atoms with E-state index in [1.54, 1.807) is 36.4 Å². The van der Waals surface area contributed by atoms with Crippen molar-refractivity contribution in [2.45, 2.75) is 38.3 Å². The molecule has 2 aromatic rings. The number of halogens is 2. The monoisotopic (exact) mass is 461 g/mol. The first-order chi connectivity index (χ1) is 14.7. The van der Waals surface area contributed by atoms with E-state index < -0.39 is 11.5 Å². The van der Waals surface area contributed by atoms with Crippen molar-refractivity contribution in [2.75, 3.05) is 17.7 Å². The highest BCUT2D eigenvalue weighted by atomic mass is 35.5. The lowest BCUT2D eigenvalue weighted by Crippen LogP contribution is -2.52. The average Bonchev–Trinajstić information content (AvgIpc) is 3.21. The molecule has 8 heteroatoms. The van der Waals surface area contributed by atoms with E-state index in [9.17, 15) is 9.59 Å². The van der Waals surface area contributed by atoms with Crippen LogP contribution < -0.4 is 20.7 Å². The number of fused-ring (bicyclic) bond motifs is 2. The molecule has 0 bridgehead atoms. The summed E-state index contributed by atoms with van der Waals surface area (Å²) in [7, 11) is 1.53. The molecule has 2 amide bonds. The number of methoxy groups -OCH3 is 1. The Labute approximate surface area is 191 Å². The fourth-order valence-electron chi connectivity index (χ4n) is 4.75. The van der Waals surface area contributed by atoms with Crippen LogP contribution in [0.15, 0.2) is 36.4 Å². The Morgan fingerprint density at radius 1 is 1.23 bits per heavy atom. The van der Waals surface area contributed by atoms with Gasteiger partial charge in [0.2, 0.25) is 11.8 Å². The third-order valence-electron chi connectivity index (χ3n) is 5.98. The van der Waals surface area contributed by atoms with Crippen molar-refractivity contribution in [3.63, 3.8) is 0 Å². The lowest BCUT2D eigenvalue weighted by atomic mass is 9.79. The summed E-state index contributed by atoms with van der Waals surface area (Å²) in [4.78, 5) is 26.9. The van der Waals surface area contributed by atoms with Crippen LogP contribution in [0.25, 0.3) is 0 Å². The smallest absolute Gasteiger partial charge is 0.250 e. The van der Waals surface area contributed by atoms with Crippen LogP contribution in [0.1, 0.15) is 32.3 Å². The second-order valence-electron chi connectivity index (χ2n) is 8.54. The van der Waals surface area contributed by atoms with Gasteiger partial charge in [-0.3, -0.25) is 14.9 Å². The van der Waals surface area contributed by atoms with Crippen LogP contribution in [0, 0.1) is 11.8 Å².